The van der Waals surface area contributed by atoms with E-state index < -0.39 is 11.8 Å². The number of aromatic carboxylic acids is 1. The smallest absolute Gasteiger partial charge is 0.338 e. The number of carboxylic acids is 1. The molecule has 1 aliphatic carbocycles. The Bertz CT molecular complexity index is 943. The van der Waals surface area contributed by atoms with Crippen LogP contribution in [0.5, 0.6) is 5.75 Å². The summed E-state index contributed by atoms with van der Waals surface area (Å²) in [6.07, 6.45) is 3.68. The van der Waals surface area contributed by atoms with Crippen LogP contribution < -0.4 is 4.74 Å². The van der Waals surface area contributed by atoms with E-state index in [1.165, 1.54) is 12.1 Å². The van der Waals surface area contributed by atoms with Crippen molar-refractivity contribution in [2.24, 2.45) is 0 Å². The third-order valence-corrected chi connectivity index (χ3v) is 6.40. The summed E-state index contributed by atoms with van der Waals surface area (Å²) in [6, 6.07) is 8.37. The third kappa shape index (κ3) is 4.74. The second-order valence-electron chi connectivity index (χ2n) is 8.21. The van der Waals surface area contributed by atoms with Gasteiger partial charge in [-0.25, -0.2) is 9.18 Å². The number of carboxylic acid groups (broad SMARTS) is 1. The van der Waals surface area contributed by atoms with Crippen LogP contribution in [0.1, 0.15) is 66.1 Å². The number of hydrogen-bond donors (Lipinski definition) is 1. The molecule has 0 radical (unpaired) electrons. The Kier molecular flexibility index (Phi) is 6.24. The third-order valence-electron chi connectivity index (χ3n) is 5.97. The van der Waals surface area contributed by atoms with E-state index in [-0.39, 0.29) is 23.6 Å². The quantitative estimate of drug-likeness (QED) is 0.558. The maximum atomic E-state index is 14.3. The minimum absolute atomic E-state index is 0.0940. The zero-order chi connectivity index (χ0) is 21.4. The molecule has 1 saturated heterocycles. The van der Waals surface area contributed by atoms with E-state index in [2.05, 4.69) is 11.8 Å². The number of benzene rings is 2. The van der Waals surface area contributed by atoms with E-state index in [4.69, 9.17) is 27.9 Å². The molecule has 0 amide bonds. The molecule has 1 heterocycles. The fourth-order valence-corrected chi connectivity index (χ4v) is 4.71. The predicted molar refractivity (Wildman–Crippen MR) is 115 cm³/mol. The number of ether oxygens (including phenoxy) is 1. The molecule has 0 bridgehead atoms. The molecular formula is C23H24Cl2FNO3. The van der Waals surface area contributed by atoms with Gasteiger partial charge in [0.15, 0.2) is 0 Å². The summed E-state index contributed by atoms with van der Waals surface area (Å²) in [5.41, 5.74) is 1.56. The van der Waals surface area contributed by atoms with Crippen molar-refractivity contribution < 1.29 is 19.0 Å². The first-order valence-corrected chi connectivity index (χ1v) is 11.0. The standard InChI is InChI=1S/C23H24Cl2FNO3/c1-13(15-7-16(24)9-17(25)8-15)27-6-2-3-18(12-27)30-22-11-21(26)20(23(28)29)10-19(22)14-4-5-14/h7-11,13-14,18H,2-6,12H2,1H3,(H,28,29). The van der Waals surface area contributed by atoms with Gasteiger partial charge in [-0.15, -0.1) is 0 Å². The van der Waals surface area contributed by atoms with Crippen LogP contribution in [-0.2, 0) is 0 Å². The van der Waals surface area contributed by atoms with Crippen LogP contribution in [0.2, 0.25) is 10.0 Å². The molecule has 2 aromatic rings. The van der Waals surface area contributed by atoms with Gasteiger partial charge in [0.2, 0.25) is 0 Å². The van der Waals surface area contributed by atoms with Gasteiger partial charge in [0.25, 0.3) is 0 Å². The molecule has 30 heavy (non-hydrogen) atoms. The van der Waals surface area contributed by atoms with Crippen molar-refractivity contribution in [3.05, 3.63) is 62.9 Å². The average Bonchev–Trinajstić information content (AvgIpc) is 3.52. The van der Waals surface area contributed by atoms with Crippen molar-refractivity contribution in [2.45, 2.75) is 50.7 Å². The van der Waals surface area contributed by atoms with Gasteiger partial charge < -0.3 is 9.84 Å². The summed E-state index contributed by atoms with van der Waals surface area (Å²) in [5, 5.41) is 10.5. The fourth-order valence-electron chi connectivity index (χ4n) is 4.17. The van der Waals surface area contributed by atoms with Crippen LogP contribution in [0, 0.1) is 5.82 Å². The van der Waals surface area contributed by atoms with E-state index >= 15 is 0 Å². The molecule has 0 aromatic heterocycles. The summed E-state index contributed by atoms with van der Waals surface area (Å²) in [4.78, 5) is 13.6. The Morgan fingerprint density at radius 3 is 2.50 bits per heavy atom. The first-order valence-electron chi connectivity index (χ1n) is 10.2. The normalized spacial score (nSPS) is 20.7. The zero-order valence-corrected chi connectivity index (χ0v) is 18.2. The minimum Gasteiger partial charge on any atom is -0.489 e. The number of rotatable bonds is 6. The molecule has 1 N–H and O–H groups in total. The van der Waals surface area contributed by atoms with Crippen LogP contribution >= 0.6 is 23.2 Å². The van der Waals surface area contributed by atoms with Gasteiger partial charge in [0, 0.05) is 28.7 Å². The van der Waals surface area contributed by atoms with Crippen LogP contribution in [0.25, 0.3) is 0 Å². The van der Waals surface area contributed by atoms with Gasteiger partial charge in [0.05, 0.1) is 5.56 Å². The lowest BCUT2D eigenvalue weighted by atomic mass is 10.0. The van der Waals surface area contributed by atoms with Crippen molar-refractivity contribution >= 4 is 29.2 Å². The molecule has 7 heteroatoms. The molecule has 2 unspecified atom stereocenters. The Morgan fingerprint density at radius 2 is 1.87 bits per heavy atom. The van der Waals surface area contributed by atoms with Crippen LogP contribution in [-0.4, -0.2) is 35.2 Å². The number of likely N-dealkylation sites (tertiary alicyclic amines) is 1. The molecular weight excluding hydrogens is 428 g/mol. The van der Waals surface area contributed by atoms with Gasteiger partial charge in [0.1, 0.15) is 17.7 Å². The number of piperidine rings is 1. The number of carbonyl (C=O) groups is 1. The average molecular weight is 452 g/mol. The van der Waals surface area contributed by atoms with E-state index in [1.807, 2.05) is 12.1 Å². The molecule has 1 aliphatic heterocycles. The summed E-state index contributed by atoms with van der Waals surface area (Å²) in [5.74, 6) is -1.27. The van der Waals surface area contributed by atoms with Gasteiger partial charge in [-0.05, 0) is 80.5 Å². The highest BCUT2D eigenvalue weighted by Crippen LogP contribution is 2.45. The van der Waals surface area contributed by atoms with E-state index in [9.17, 15) is 14.3 Å². The lowest BCUT2D eigenvalue weighted by Crippen LogP contribution is -2.42. The molecule has 2 atom stereocenters. The largest absolute Gasteiger partial charge is 0.489 e. The Balaban J connectivity index is 1.52. The van der Waals surface area contributed by atoms with Crippen LogP contribution in [0.3, 0.4) is 0 Å². The summed E-state index contributed by atoms with van der Waals surface area (Å²) in [6.45, 7) is 3.73. The molecule has 2 aliphatic rings. The van der Waals surface area contributed by atoms with Crippen molar-refractivity contribution in [1.82, 2.24) is 4.90 Å². The zero-order valence-electron chi connectivity index (χ0n) is 16.7. The highest BCUT2D eigenvalue weighted by atomic mass is 35.5. The van der Waals surface area contributed by atoms with Crippen LogP contribution in [0.15, 0.2) is 30.3 Å². The molecule has 2 aromatic carbocycles. The second-order valence-corrected chi connectivity index (χ2v) is 9.08. The molecule has 160 valence electrons. The maximum Gasteiger partial charge on any atom is 0.338 e. The van der Waals surface area contributed by atoms with E-state index in [0.717, 1.165) is 43.4 Å². The van der Waals surface area contributed by atoms with Gasteiger partial charge in [-0.3, -0.25) is 4.90 Å². The SMILES string of the molecule is CC(c1cc(Cl)cc(Cl)c1)N1CCCC(Oc2cc(F)c(C(=O)O)cc2C2CC2)C1. The first-order chi connectivity index (χ1) is 14.3. The van der Waals surface area contributed by atoms with E-state index in [0.29, 0.717) is 22.3 Å². The van der Waals surface area contributed by atoms with Crippen molar-refractivity contribution in [3.63, 3.8) is 0 Å². The first kappa shape index (κ1) is 21.4. The van der Waals surface area contributed by atoms with Crippen molar-refractivity contribution in [3.8, 4) is 5.75 Å². The topological polar surface area (TPSA) is 49.8 Å². The number of halogens is 3. The molecule has 1 saturated carbocycles. The number of nitrogens with zero attached hydrogens (tertiary/aromatic N) is 1. The van der Waals surface area contributed by atoms with Gasteiger partial charge in [-0.1, -0.05) is 23.2 Å². The minimum atomic E-state index is -1.25. The fraction of sp³-hybridized carbons (Fsp3) is 0.435. The molecule has 2 fully saturated rings. The second kappa shape index (κ2) is 8.74. The molecule has 4 nitrogen and oxygen atoms in total. The van der Waals surface area contributed by atoms with Crippen LogP contribution in [0.4, 0.5) is 4.39 Å². The molecule has 4 rings (SSSR count). The summed E-state index contributed by atoms with van der Waals surface area (Å²) >= 11 is 12.3. The Labute approximate surface area is 185 Å². The van der Waals surface area contributed by atoms with Crippen molar-refractivity contribution in [2.75, 3.05) is 13.1 Å². The Morgan fingerprint density at radius 1 is 1.17 bits per heavy atom. The van der Waals surface area contributed by atoms with Crippen molar-refractivity contribution in [1.29, 1.82) is 0 Å². The summed E-state index contributed by atoms with van der Waals surface area (Å²) < 4.78 is 20.6. The monoisotopic (exact) mass is 451 g/mol. The maximum absolute atomic E-state index is 14.3. The molecule has 0 spiro atoms. The highest BCUT2D eigenvalue weighted by molar-refractivity contribution is 6.34. The lowest BCUT2D eigenvalue weighted by Gasteiger charge is -2.37. The lowest BCUT2D eigenvalue weighted by molar-refractivity contribution is 0.0647. The Hall–Kier alpha value is -1.82. The summed E-state index contributed by atoms with van der Waals surface area (Å²) in [7, 11) is 0. The van der Waals surface area contributed by atoms with Gasteiger partial charge in [-0.2, -0.15) is 0 Å². The van der Waals surface area contributed by atoms with Gasteiger partial charge >= 0.3 is 5.97 Å². The predicted octanol–water partition coefficient (Wildman–Crippen LogP) is 6.31. The highest BCUT2D eigenvalue weighted by Gasteiger charge is 2.32. The number of hydrogen-bond acceptors (Lipinski definition) is 3. The van der Waals surface area contributed by atoms with E-state index in [1.54, 1.807) is 6.07 Å².